The highest BCUT2D eigenvalue weighted by Crippen LogP contribution is 2.41. The Kier molecular flexibility index (Phi) is 13.6. The second kappa shape index (κ2) is 21.5. The summed E-state index contributed by atoms with van der Waals surface area (Å²) in [5.74, 6) is 2.69. The molecule has 13 aromatic rings. The summed E-state index contributed by atoms with van der Waals surface area (Å²) >= 11 is 0. The number of aromatic nitrogens is 5. The van der Waals surface area contributed by atoms with Crippen LogP contribution in [0.25, 0.3) is 88.3 Å². The van der Waals surface area contributed by atoms with Gasteiger partial charge in [-0.05, 0) is 67.4 Å². The molecular formula is C69H58BN5O2. The maximum absolute atomic E-state index is 6.41. The Morgan fingerprint density at radius 3 is 2.12 bits per heavy atom. The van der Waals surface area contributed by atoms with E-state index < -0.39 is 0 Å². The van der Waals surface area contributed by atoms with Crippen LogP contribution in [0.15, 0.2) is 239 Å². The molecule has 5 heterocycles. The van der Waals surface area contributed by atoms with Gasteiger partial charge in [-0.2, -0.15) is 0 Å². The highest BCUT2D eigenvalue weighted by atomic mass is 16.3. The maximum Gasteiger partial charge on any atom is 0.241 e. The minimum Gasteiger partial charge on any atom is -0.460 e. The summed E-state index contributed by atoms with van der Waals surface area (Å²) in [6.07, 6.45) is 20.0. The van der Waals surface area contributed by atoms with Gasteiger partial charge in [-0.15, -0.1) is 0 Å². The molecule has 0 amide bonds. The Morgan fingerprint density at radius 1 is 0.584 bits per heavy atom. The molecule has 374 valence electrons. The lowest BCUT2D eigenvalue weighted by molar-refractivity contribution is 0.564. The van der Waals surface area contributed by atoms with E-state index in [2.05, 4.69) is 207 Å². The Bertz CT molecular complexity index is 4410. The first-order valence-electron chi connectivity index (χ1n) is 26.9. The van der Waals surface area contributed by atoms with Gasteiger partial charge in [0.2, 0.25) is 6.71 Å². The Morgan fingerprint density at radius 2 is 1.29 bits per heavy atom. The van der Waals surface area contributed by atoms with Gasteiger partial charge in [-0.25, -0.2) is 15.0 Å². The van der Waals surface area contributed by atoms with Gasteiger partial charge >= 0.3 is 0 Å². The van der Waals surface area contributed by atoms with Gasteiger partial charge in [-0.3, -0.25) is 0 Å². The molecule has 8 heteroatoms. The summed E-state index contributed by atoms with van der Waals surface area (Å²) in [6.45, 7) is 5.94. The van der Waals surface area contributed by atoms with Crippen LogP contribution in [-0.2, 0) is 26.3 Å². The molecule has 0 N–H and O–H groups in total. The van der Waals surface area contributed by atoms with Gasteiger partial charge in [-0.1, -0.05) is 206 Å². The average Bonchev–Trinajstić information content (AvgIpc) is 4.38. The summed E-state index contributed by atoms with van der Waals surface area (Å²) < 4.78 is 17.5. The number of rotatable bonds is 10. The molecule has 0 spiro atoms. The number of hydrogen-bond donors (Lipinski definition) is 0. The molecule has 77 heavy (non-hydrogen) atoms. The van der Waals surface area contributed by atoms with Crippen LogP contribution in [0.3, 0.4) is 0 Å². The van der Waals surface area contributed by atoms with Crippen molar-refractivity contribution in [3.05, 3.63) is 259 Å². The molecule has 0 saturated heterocycles. The molecule has 0 aliphatic heterocycles. The van der Waals surface area contributed by atoms with Crippen molar-refractivity contribution >= 4 is 100 Å². The largest absolute Gasteiger partial charge is 0.460 e. The second-order valence-electron chi connectivity index (χ2n) is 19.3. The van der Waals surface area contributed by atoms with E-state index in [-0.39, 0.29) is 6.71 Å². The summed E-state index contributed by atoms with van der Waals surface area (Å²) in [4.78, 5) is 13.0. The first-order valence-corrected chi connectivity index (χ1v) is 26.9. The van der Waals surface area contributed by atoms with E-state index in [1.165, 1.54) is 65.6 Å². The summed E-state index contributed by atoms with van der Waals surface area (Å²) in [5.41, 5.74) is 14.8. The standard InChI is InChI=1S/C50H33BN2O2.C17H19N3.C2H6/c1-52-42-19-6-3-18-39(42)49-44(52)26-25-38-35-15-2-7-20-43(35)53(50(38)49)34-14-10-12-31(28-34)51(33-24-27-48-41(30-33)37-17-5-9-22-46(37)55-48)32-13-11-23-47-40(29-32)36-16-4-8-21-45(36)54-47;1-2-3-4-5-9-12-16-18-14-19-17(20-16)13-15-10-7-6-8-11-15;1-2/h2-22,24-30H,23H2,1H3;2-8,10-11,14H,9,12-13H2,1H3;1-2H3/b;3-2-,5-4-;. The van der Waals surface area contributed by atoms with Crippen molar-refractivity contribution in [2.45, 2.75) is 46.5 Å². The molecule has 0 atom stereocenters. The van der Waals surface area contributed by atoms with Crippen LogP contribution >= 0.6 is 0 Å². The van der Waals surface area contributed by atoms with Crippen molar-refractivity contribution < 1.29 is 8.83 Å². The van der Waals surface area contributed by atoms with E-state index in [4.69, 9.17) is 8.83 Å². The molecular weight excluding hydrogens is 942 g/mol. The molecule has 5 aromatic heterocycles. The Labute approximate surface area is 448 Å². The van der Waals surface area contributed by atoms with Gasteiger partial charge < -0.3 is 18.0 Å². The third-order valence-electron chi connectivity index (χ3n) is 14.7. The predicted octanol–water partition coefficient (Wildman–Crippen LogP) is 16.0. The molecule has 8 aromatic carbocycles. The molecule has 0 bridgehead atoms. The smallest absolute Gasteiger partial charge is 0.241 e. The first-order chi connectivity index (χ1) is 38.1. The lowest BCUT2D eigenvalue weighted by Crippen LogP contribution is -2.44. The van der Waals surface area contributed by atoms with E-state index in [9.17, 15) is 0 Å². The lowest BCUT2D eigenvalue weighted by Gasteiger charge is -2.19. The third-order valence-corrected chi connectivity index (χ3v) is 14.7. The number of allylic oxidation sites excluding steroid dienone is 7. The molecule has 7 nitrogen and oxygen atoms in total. The zero-order valence-electron chi connectivity index (χ0n) is 43.9. The Hall–Kier alpha value is -9.27. The SMILES string of the molecule is C/C=C\C=C/CCc1ncnc(Cc2ccccc2)n1.CC.Cn1c2ccccc2c2c1ccc1c3ccccc3n(-c3cccc(B(C4=Cc5c(oc6ccccc56)CC=C4)c4ccc5oc6ccccc6c5c4)c3)c12. The molecule has 0 saturated carbocycles. The number of hydrogen-bond acceptors (Lipinski definition) is 5. The minimum absolute atomic E-state index is 0.0699. The van der Waals surface area contributed by atoms with Crippen LogP contribution in [0.4, 0.5) is 0 Å². The highest BCUT2D eigenvalue weighted by molar-refractivity contribution is 6.92. The summed E-state index contributed by atoms with van der Waals surface area (Å²) in [6, 6.07) is 65.1. The van der Waals surface area contributed by atoms with Gasteiger partial charge in [0.25, 0.3) is 0 Å². The molecule has 0 radical (unpaired) electrons. The van der Waals surface area contributed by atoms with Crippen molar-refractivity contribution in [2.24, 2.45) is 7.05 Å². The molecule has 0 unspecified atom stereocenters. The summed E-state index contributed by atoms with van der Waals surface area (Å²) in [5, 5.41) is 8.45. The average molecular weight is 1000 g/mol. The second-order valence-corrected chi connectivity index (χ2v) is 19.3. The zero-order valence-corrected chi connectivity index (χ0v) is 43.9. The number of benzene rings is 8. The van der Waals surface area contributed by atoms with Gasteiger partial charge in [0.05, 0.1) is 16.6 Å². The van der Waals surface area contributed by atoms with Crippen LogP contribution < -0.4 is 10.9 Å². The maximum atomic E-state index is 6.41. The van der Waals surface area contributed by atoms with Crippen LogP contribution in [0, 0.1) is 0 Å². The topological polar surface area (TPSA) is 74.8 Å². The number of para-hydroxylation sites is 4. The fourth-order valence-corrected chi connectivity index (χ4v) is 11.3. The van der Waals surface area contributed by atoms with Crippen LogP contribution in [0.5, 0.6) is 0 Å². The monoisotopic (exact) mass is 999 g/mol. The van der Waals surface area contributed by atoms with E-state index in [0.717, 1.165) is 87.3 Å². The van der Waals surface area contributed by atoms with E-state index in [1.54, 1.807) is 6.33 Å². The normalized spacial score (nSPS) is 12.4. The Balaban J connectivity index is 0.000000229. The quantitative estimate of drug-likeness (QED) is 0.101. The van der Waals surface area contributed by atoms with Gasteiger partial charge in [0, 0.05) is 80.8 Å². The van der Waals surface area contributed by atoms with E-state index in [1.807, 2.05) is 69.3 Å². The molecule has 1 aliphatic rings. The van der Waals surface area contributed by atoms with Crippen LogP contribution in [0.1, 0.15) is 55.7 Å². The first kappa shape index (κ1) is 48.7. The number of furan rings is 2. The van der Waals surface area contributed by atoms with Crippen molar-refractivity contribution in [1.82, 2.24) is 24.1 Å². The van der Waals surface area contributed by atoms with Crippen LogP contribution in [-0.4, -0.2) is 30.8 Å². The lowest BCUT2D eigenvalue weighted by atomic mass is 9.36. The van der Waals surface area contributed by atoms with Crippen molar-refractivity contribution in [1.29, 1.82) is 0 Å². The van der Waals surface area contributed by atoms with Crippen LogP contribution in [0.2, 0.25) is 0 Å². The highest BCUT2D eigenvalue weighted by Gasteiger charge is 2.28. The number of aryl methyl sites for hydroxylation is 2. The number of nitrogens with zero attached hydrogens (tertiary/aromatic N) is 5. The van der Waals surface area contributed by atoms with Crippen molar-refractivity contribution in [3.63, 3.8) is 0 Å². The van der Waals surface area contributed by atoms with Crippen molar-refractivity contribution in [2.75, 3.05) is 0 Å². The van der Waals surface area contributed by atoms with E-state index >= 15 is 0 Å². The minimum atomic E-state index is -0.0699. The van der Waals surface area contributed by atoms with E-state index in [0.29, 0.717) is 0 Å². The molecule has 1 aliphatic carbocycles. The molecule has 14 rings (SSSR count). The van der Waals surface area contributed by atoms with Gasteiger partial charge in [0.1, 0.15) is 40.5 Å². The molecule has 0 fully saturated rings. The fraction of sp³-hybridized carbons (Fsp3) is 0.116. The number of fused-ring (bicyclic) bond motifs is 13. The third kappa shape index (κ3) is 9.27. The van der Waals surface area contributed by atoms with Crippen molar-refractivity contribution in [3.8, 4) is 5.69 Å². The predicted molar refractivity (Wildman–Crippen MR) is 323 cm³/mol. The fourth-order valence-electron chi connectivity index (χ4n) is 11.3. The zero-order chi connectivity index (χ0) is 52.2. The van der Waals surface area contributed by atoms with Gasteiger partial charge in [0.15, 0.2) is 0 Å². The summed E-state index contributed by atoms with van der Waals surface area (Å²) in [7, 11) is 2.18.